The molecule has 1 aliphatic heterocycles. The molecule has 0 N–H and O–H groups in total. The van der Waals surface area contributed by atoms with Gasteiger partial charge in [0.1, 0.15) is 11.6 Å². The summed E-state index contributed by atoms with van der Waals surface area (Å²) in [6.07, 6.45) is 0. The summed E-state index contributed by atoms with van der Waals surface area (Å²) < 4.78 is 19.1. The highest BCUT2D eigenvalue weighted by Crippen LogP contribution is 2.21. The molecule has 1 saturated heterocycles. The van der Waals surface area contributed by atoms with E-state index in [4.69, 9.17) is 10.00 Å². The van der Waals surface area contributed by atoms with E-state index < -0.39 is 0 Å². The minimum absolute atomic E-state index is 0.244. The van der Waals surface area contributed by atoms with Crippen LogP contribution in [0.2, 0.25) is 0 Å². The number of halogens is 1. The van der Waals surface area contributed by atoms with E-state index in [1.165, 1.54) is 17.8 Å². The van der Waals surface area contributed by atoms with Crippen LogP contribution < -0.4 is 9.64 Å². The van der Waals surface area contributed by atoms with Gasteiger partial charge in [0, 0.05) is 44.0 Å². The van der Waals surface area contributed by atoms with Crippen LogP contribution in [0.4, 0.5) is 10.1 Å². The number of piperazine rings is 1. The molecule has 1 heterocycles. The molecule has 4 nitrogen and oxygen atoms in total. The van der Waals surface area contributed by atoms with E-state index in [0.717, 1.165) is 31.9 Å². The summed E-state index contributed by atoms with van der Waals surface area (Å²) in [5, 5.41) is 8.96. The van der Waals surface area contributed by atoms with Gasteiger partial charge in [-0.2, -0.15) is 5.26 Å². The Morgan fingerprint density at radius 3 is 2.42 bits per heavy atom. The Bertz CT molecular complexity index is 731. The molecule has 124 valence electrons. The SMILES string of the molecule is COc1ccc(N2CCN(Cc3cc(C#N)ccc3F)CC2)cc1. The molecule has 1 fully saturated rings. The van der Waals surface area contributed by atoms with Gasteiger partial charge in [0.05, 0.1) is 18.7 Å². The Hall–Kier alpha value is -2.58. The van der Waals surface area contributed by atoms with E-state index in [-0.39, 0.29) is 5.82 Å². The molecule has 0 bridgehead atoms. The van der Waals surface area contributed by atoms with Crippen molar-refractivity contribution in [3.63, 3.8) is 0 Å². The minimum atomic E-state index is -0.244. The molecule has 0 atom stereocenters. The number of hydrogen-bond acceptors (Lipinski definition) is 4. The topological polar surface area (TPSA) is 39.5 Å². The minimum Gasteiger partial charge on any atom is -0.497 e. The monoisotopic (exact) mass is 325 g/mol. The number of anilines is 1. The van der Waals surface area contributed by atoms with Gasteiger partial charge in [-0.25, -0.2) is 4.39 Å². The molecule has 0 aliphatic carbocycles. The predicted molar refractivity (Wildman–Crippen MR) is 91.6 cm³/mol. The van der Waals surface area contributed by atoms with Crippen molar-refractivity contribution < 1.29 is 9.13 Å². The van der Waals surface area contributed by atoms with Crippen LogP contribution >= 0.6 is 0 Å². The van der Waals surface area contributed by atoms with Crippen molar-refractivity contribution in [2.45, 2.75) is 6.54 Å². The second kappa shape index (κ2) is 7.33. The van der Waals surface area contributed by atoms with Gasteiger partial charge in [-0.05, 0) is 42.5 Å². The number of methoxy groups -OCH3 is 1. The third-order valence-electron chi connectivity index (χ3n) is 4.38. The number of nitriles is 1. The fourth-order valence-corrected chi connectivity index (χ4v) is 2.96. The molecule has 1 aliphatic rings. The number of nitrogens with zero attached hydrogens (tertiary/aromatic N) is 3. The predicted octanol–water partition coefficient (Wildman–Crippen LogP) is 3.03. The van der Waals surface area contributed by atoms with Gasteiger partial charge >= 0.3 is 0 Å². The normalized spacial score (nSPS) is 15.1. The highest BCUT2D eigenvalue weighted by Gasteiger charge is 2.18. The molecule has 0 aromatic heterocycles. The lowest BCUT2D eigenvalue weighted by molar-refractivity contribution is 0.246. The van der Waals surface area contributed by atoms with Crippen LogP contribution in [0.15, 0.2) is 42.5 Å². The summed E-state index contributed by atoms with van der Waals surface area (Å²) >= 11 is 0. The van der Waals surface area contributed by atoms with Gasteiger partial charge in [0.2, 0.25) is 0 Å². The van der Waals surface area contributed by atoms with E-state index in [1.807, 2.05) is 12.1 Å². The summed E-state index contributed by atoms with van der Waals surface area (Å²) in [5.41, 5.74) is 2.27. The van der Waals surface area contributed by atoms with Crippen LogP contribution in [0.3, 0.4) is 0 Å². The molecular weight excluding hydrogens is 305 g/mol. The average Bonchev–Trinajstić information content (AvgIpc) is 2.64. The van der Waals surface area contributed by atoms with E-state index in [2.05, 4.69) is 28.0 Å². The zero-order chi connectivity index (χ0) is 16.9. The molecule has 3 rings (SSSR count). The fraction of sp³-hybridized carbons (Fsp3) is 0.316. The molecule has 0 unspecified atom stereocenters. The molecule has 24 heavy (non-hydrogen) atoms. The van der Waals surface area contributed by atoms with Crippen LogP contribution in [0.25, 0.3) is 0 Å². The Balaban J connectivity index is 1.60. The second-order valence-electron chi connectivity index (χ2n) is 5.88. The average molecular weight is 325 g/mol. The van der Waals surface area contributed by atoms with Gasteiger partial charge < -0.3 is 9.64 Å². The van der Waals surface area contributed by atoms with Gasteiger partial charge in [0.15, 0.2) is 0 Å². The van der Waals surface area contributed by atoms with E-state index >= 15 is 0 Å². The third kappa shape index (κ3) is 3.66. The summed E-state index contributed by atoms with van der Waals surface area (Å²) in [5.74, 6) is 0.608. The molecule has 0 amide bonds. The summed E-state index contributed by atoms with van der Waals surface area (Å²) in [7, 11) is 1.66. The van der Waals surface area contributed by atoms with Gasteiger partial charge in [-0.3, -0.25) is 4.90 Å². The maximum atomic E-state index is 13.9. The van der Waals surface area contributed by atoms with Crippen LogP contribution in [-0.4, -0.2) is 38.2 Å². The number of rotatable bonds is 4. The molecular formula is C19H20FN3O. The van der Waals surface area contributed by atoms with Crippen molar-refractivity contribution in [1.29, 1.82) is 5.26 Å². The Kier molecular flexibility index (Phi) is 4.97. The van der Waals surface area contributed by atoms with Crippen LogP contribution in [-0.2, 0) is 6.54 Å². The lowest BCUT2D eigenvalue weighted by Crippen LogP contribution is -2.46. The highest BCUT2D eigenvalue weighted by atomic mass is 19.1. The molecule has 5 heteroatoms. The first kappa shape index (κ1) is 16.3. The van der Waals surface area contributed by atoms with Crippen molar-refractivity contribution in [2.24, 2.45) is 0 Å². The van der Waals surface area contributed by atoms with Crippen molar-refractivity contribution in [3.8, 4) is 11.8 Å². The first-order valence-electron chi connectivity index (χ1n) is 7.99. The summed E-state index contributed by atoms with van der Waals surface area (Å²) in [6.45, 7) is 4.06. The first-order chi connectivity index (χ1) is 11.7. The molecule has 2 aromatic rings. The van der Waals surface area contributed by atoms with Crippen molar-refractivity contribution in [3.05, 3.63) is 59.4 Å². The summed E-state index contributed by atoms with van der Waals surface area (Å²) in [6, 6.07) is 14.6. The standard InChI is InChI=1S/C19H20FN3O/c1-24-18-5-3-17(4-6-18)23-10-8-22(9-11-23)14-16-12-15(13-21)2-7-19(16)20/h2-7,12H,8-11,14H2,1H3. The summed E-state index contributed by atoms with van der Waals surface area (Å²) in [4.78, 5) is 4.54. The fourth-order valence-electron chi connectivity index (χ4n) is 2.96. The maximum absolute atomic E-state index is 13.9. The van der Waals surface area contributed by atoms with E-state index in [0.29, 0.717) is 17.7 Å². The quantitative estimate of drug-likeness (QED) is 0.866. The Morgan fingerprint density at radius 1 is 1.08 bits per heavy atom. The third-order valence-corrected chi connectivity index (χ3v) is 4.38. The van der Waals surface area contributed by atoms with Crippen molar-refractivity contribution in [1.82, 2.24) is 4.90 Å². The lowest BCUT2D eigenvalue weighted by Gasteiger charge is -2.36. The van der Waals surface area contributed by atoms with Crippen LogP contribution in [0.1, 0.15) is 11.1 Å². The molecule has 0 saturated carbocycles. The lowest BCUT2D eigenvalue weighted by atomic mass is 10.1. The largest absolute Gasteiger partial charge is 0.497 e. The zero-order valence-corrected chi connectivity index (χ0v) is 13.7. The zero-order valence-electron chi connectivity index (χ0n) is 13.7. The number of benzene rings is 2. The van der Waals surface area contributed by atoms with E-state index in [1.54, 1.807) is 13.2 Å². The van der Waals surface area contributed by atoms with Crippen molar-refractivity contribution >= 4 is 5.69 Å². The highest BCUT2D eigenvalue weighted by molar-refractivity contribution is 5.49. The Labute approximate surface area is 141 Å². The van der Waals surface area contributed by atoms with E-state index in [9.17, 15) is 4.39 Å². The molecule has 2 aromatic carbocycles. The smallest absolute Gasteiger partial charge is 0.127 e. The van der Waals surface area contributed by atoms with Crippen molar-refractivity contribution in [2.75, 3.05) is 38.2 Å². The number of ether oxygens (including phenoxy) is 1. The van der Waals surface area contributed by atoms with Gasteiger partial charge in [-0.15, -0.1) is 0 Å². The molecule has 0 spiro atoms. The first-order valence-corrected chi connectivity index (χ1v) is 7.99. The van der Waals surface area contributed by atoms with Gasteiger partial charge in [-0.1, -0.05) is 0 Å². The number of hydrogen-bond donors (Lipinski definition) is 0. The molecule has 0 radical (unpaired) electrons. The maximum Gasteiger partial charge on any atom is 0.127 e. The van der Waals surface area contributed by atoms with Gasteiger partial charge in [0.25, 0.3) is 0 Å². The Morgan fingerprint density at radius 2 is 1.79 bits per heavy atom. The van der Waals surface area contributed by atoms with Crippen LogP contribution in [0, 0.1) is 17.1 Å². The second-order valence-corrected chi connectivity index (χ2v) is 5.88. The van der Waals surface area contributed by atoms with Crippen LogP contribution in [0.5, 0.6) is 5.75 Å².